The largest absolute Gasteiger partial charge is 0.509 e. The van der Waals surface area contributed by atoms with Crippen LogP contribution in [0.25, 0.3) is 0 Å². The van der Waals surface area contributed by atoms with E-state index in [2.05, 4.69) is 11.3 Å². The average molecular weight is 142 g/mol. The Morgan fingerprint density at radius 1 is 1.70 bits per heavy atom. The van der Waals surface area contributed by atoms with Crippen LogP contribution in [0.5, 0.6) is 0 Å². The fourth-order valence-corrected chi connectivity index (χ4v) is 0.355. The van der Waals surface area contributed by atoms with Gasteiger partial charge in [-0.3, -0.25) is 0 Å². The lowest BCUT2D eigenvalue weighted by molar-refractivity contribution is -0.137. The minimum absolute atomic E-state index is 0.159. The molecule has 0 aliphatic heterocycles. The first-order chi connectivity index (χ1) is 4.66. The SMILES string of the molecule is C=C(O)/C=C\C(=O)OCC. The second-order valence-corrected chi connectivity index (χ2v) is 1.58. The normalized spacial score (nSPS) is 9.70. The molecule has 0 rings (SSSR count). The highest BCUT2D eigenvalue weighted by molar-refractivity contribution is 5.82. The molecule has 0 spiro atoms. The lowest BCUT2D eigenvalue weighted by atomic mass is 10.4. The zero-order chi connectivity index (χ0) is 7.98. The van der Waals surface area contributed by atoms with Crippen molar-refractivity contribution in [3.8, 4) is 0 Å². The standard InChI is InChI=1S/C7H10O3/c1-3-10-7(9)5-4-6(2)8/h4-5,8H,2-3H2,1H3/b5-4-. The molecule has 0 atom stereocenters. The van der Waals surface area contributed by atoms with E-state index in [1.54, 1.807) is 6.92 Å². The van der Waals surface area contributed by atoms with Crippen molar-refractivity contribution in [1.29, 1.82) is 0 Å². The van der Waals surface area contributed by atoms with E-state index in [9.17, 15) is 4.79 Å². The topological polar surface area (TPSA) is 46.5 Å². The zero-order valence-corrected chi connectivity index (χ0v) is 5.83. The third-order valence-corrected chi connectivity index (χ3v) is 0.698. The van der Waals surface area contributed by atoms with Gasteiger partial charge in [0.2, 0.25) is 0 Å². The summed E-state index contributed by atoms with van der Waals surface area (Å²) >= 11 is 0. The summed E-state index contributed by atoms with van der Waals surface area (Å²) < 4.78 is 4.51. The van der Waals surface area contributed by atoms with E-state index < -0.39 is 5.97 Å². The fourth-order valence-electron chi connectivity index (χ4n) is 0.355. The van der Waals surface area contributed by atoms with E-state index in [0.29, 0.717) is 6.61 Å². The van der Waals surface area contributed by atoms with Crippen LogP contribution in [-0.2, 0) is 9.53 Å². The Kier molecular flexibility index (Phi) is 4.04. The van der Waals surface area contributed by atoms with Crippen LogP contribution in [0.1, 0.15) is 6.92 Å². The van der Waals surface area contributed by atoms with Gasteiger partial charge in [0.1, 0.15) is 5.76 Å². The van der Waals surface area contributed by atoms with Crippen LogP contribution in [0.2, 0.25) is 0 Å². The van der Waals surface area contributed by atoms with Crippen molar-refractivity contribution in [3.63, 3.8) is 0 Å². The third kappa shape index (κ3) is 4.90. The molecule has 0 aromatic heterocycles. The molecule has 10 heavy (non-hydrogen) atoms. The molecule has 0 saturated carbocycles. The van der Waals surface area contributed by atoms with Crippen LogP contribution in [-0.4, -0.2) is 17.7 Å². The number of esters is 1. The number of hydrogen-bond acceptors (Lipinski definition) is 3. The van der Waals surface area contributed by atoms with Crippen molar-refractivity contribution in [2.45, 2.75) is 6.92 Å². The Bertz CT molecular complexity index is 158. The molecule has 0 fully saturated rings. The maximum atomic E-state index is 10.5. The Morgan fingerprint density at radius 2 is 2.30 bits per heavy atom. The summed E-state index contributed by atoms with van der Waals surface area (Å²) in [4.78, 5) is 10.5. The number of rotatable bonds is 3. The maximum absolute atomic E-state index is 10.5. The van der Waals surface area contributed by atoms with Crippen molar-refractivity contribution >= 4 is 5.97 Å². The first kappa shape index (κ1) is 8.75. The number of carbonyl (C=O) groups excluding carboxylic acids is 1. The molecule has 3 nitrogen and oxygen atoms in total. The first-order valence-electron chi connectivity index (χ1n) is 2.89. The quantitative estimate of drug-likeness (QED) is 0.278. The number of ether oxygens (including phenoxy) is 1. The molecule has 0 saturated heterocycles. The van der Waals surface area contributed by atoms with E-state index in [1.807, 2.05) is 0 Å². The lowest BCUT2D eigenvalue weighted by Gasteiger charge is -1.93. The maximum Gasteiger partial charge on any atom is 0.330 e. The highest BCUT2D eigenvalue weighted by Gasteiger charge is 1.91. The van der Waals surface area contributed by atoms with E-state index in [4.69, 9.17) is 5.11 Å². The van der Waals surface area contributed by atoms with E-state index >= 15 is 0 Å². The molecule has 0 amide bonds. The predicted octanol–water partition coefficient (Wildman–Crippen LogP) is 1.18. The summed E-state index contributed by atoms with van der Waals surface area (Å²) in [5, 5.41) is 8.48. The van der Waals surface area contributed by atoms with Crippen LogP contribution in [0.3, 0.4) is 0 Å². The molecule has 0 aliphatic rings. The number of carbonyl (C=O) groups is 1. The molecule has 56 valence electrons. The number of allylic oxidation sites excluding steroid dienone is 1. The van der Waals surface area contributed by atoms with Gasteiger partial charge in [-0.05, 0) is 13.0 Å². The van der Waals surface area contributed by atoms with Crippen molar-refractivity contribution in [2.24, 2.45) is 0 Å². The average Bonchev–Trinajstić information content (AvgIpc) is 1.85. The second kappa shape index (κ2) is 4.61. The number of hydrogen-bond donors (Lipinski definition) is 1. The summed E-state index contributed by atoms with van der Waals surface area (Å²) in [6.45, 7) is 5.19. The Morgan fingerprint density at radius 3 is 2.70 bits per heavy atom. The van der Waals surface area contributed by atoms with Crippen LogP contribution in [0.4, 0.5) is 0 Å². The van der Waals surface area contributed by atoms with Gasteiger partial charge in [0.15, 0.2) is 0 Å². The molecule has 0 bridgehead atoms. The molecular formula is C7H10O3. The van der Waals surface area contributed by atoms with E-state index in [1.165, 1.54) is 6.08 Å². The van der Waals surface area contributed by atoms with Crippen LogP contribution >= 0.6 is 0 Å². The van der Waals surface area contributed by atoms with Gasteiger partial charge in [-0.2, -0.15) is 0 Å². The van der Waals surface area contributed by atoms with Crippen molar-refractivity contribution < 1.29 is 14.6 Å². The molecule has 0 aromatic carbocycles. The number of aliphatic hydroxyl groups is 1. The summed E-state index contributed by atoms with van der Waals surface area (Å²) in [6, 6.07) is 0. The molecule has 0 aliphatic carbocycles. The Labute approximate surface area is 59.6 Å². The monoisotopic (exact) mass is 142 g/mol. The molecule has 3 heteroatoms. The van der Waals surface area contributed by atoms with Gasteiger partial charge in [0.05, 0.1) is 6.61 Å². The molecule has 0 radical (unpaired) electrons. The molecule has 0 aromatic rings. The van der Waals surface area contributed by atoms with Crippen LogP contribution in [0.15, 0.2) is 24.5 Å². The Hall–Kier alpha value is -1.25. The minimum Gasteiger partial charge on any atom is -0.509 e. The fraction of sp³-hybridized carbons (Fsp3) is 0.286. The van der Waals surface area contributed by atoms with Gasteiger partial charge in [-0.15, -0.1) is 0 Å². The highest BCUT2D eigenvalue weighted by Crippen LogP contribution is 1.86. The zero-order valence-electron chi connectivity index (χ0n) is 5.83. The first-order valence-corrected chi connectivity index (χ1v) is 2.89. The van der Waals surface area contributed by atoms with E-state index in [0.717, 1.165) is 6.08 Å². The molecular weight excluding hydrogens is 132 g/mol. The summed E-state index contributed by atoms with van der Waals surface area (Å²) in [5.74, 6) is -0.634. The Balaban J connectivity index is 3.67. The molecule has 0 unspecified atom stereocenters. The van der Waals surface area contributed by atoms with Gasteiger partial charge in [-0.1, -0.05) is 6.58 Å². The van der Waals surface area contributed by atoms with Crippen molar-refractivity contribution in [1.82, 2.24) is 0 Å². The third-order valence-electron chi connectivity index (χ3n) is 0.698. The minimum atomic E-state index is -0.474. The van der Waals surface area contributed by atoms with Gasteiger partial charge in [0.25, 0.3) is 0 Å². The van der Waals surface area contributed by atoms with Crippen molar-refractivity contribution in [2.75, 3.05) is 6.61 Å². The summed E-state index contributed by atoms with van der Waals surface area (Å²) in [5.41, 5.74) is 0. The summed E-state index contributed by atoms with van der Waals surface area (Å²) in [7, 11) is 0. The van der Waals surface area contributed by atoms with Gasteiger partial charge in [0, 0.05) is 6.08 Å². The van der Waals surface area contributed by atoms with Gasteiger partial charge in [-0.25, -0.2) is 4.79 Å². The summed E-state index contributed by atoms with van der Waals surface area (Å²) in [6.07, 6.45) is 2.30. The highest BCUT2D eigenvalue weighted by atomic mass is 16.5. The predicted molar refractivity (Wildman–Crippen MR) is 37.5 cm³/mol. The van der Waals surface area contributed by atoms with Crippen LogP contribution < -0.4 is 0 Å². The molecule has 0 heterocycles. The van der Waals surface area contributed by atoms with Crippen LogP contribution in [0, 0.1) is 0 Å². The number of aliphatic hydroxyl groups excluding tert-OH is 1. The second-order valence-electron chi connectivity index (χ2n) is 1.58. The smallest absolute Gasteiger partial charge is 0.330 e. The lowest BCUT2D eigenvalue weighted by Crippen LogP contribution is -1.98. The van der Waals surface area contributed by atoms with Gasteiger partial charge < -0.3 is 9.84 Å². The van der Waals surface area contributed by atoms with E-state index in [-0.39, 0.29) is 5.76 Å². The molecule has 1 N–H and O–H groups in total. The van der Waals surface area contributed by atoms with Crippen molar-refractivity contribution in [3.05, 3.63) is 24.5 Å². The van der Waals surface area contributed by atoms with Gasteiger partial charge >= 0.3 is 5.97 Å².